The molecule has 0 radical (unpaired) electrons. The number of anilines is 2. The molecule has 12 heteroatoms. The van der Waals surface area contributed by atoms with Crippen LogP contribution in [0.25, 0.3) is 5.69 Å². The highest BCUT2D eigenvalue weighted by Crippen LogP contribution is 2.45. The van der Waals surface area contributed by atoms with E-state index >= 15 is 0 Å². The largest absolute Gasteiger partial charge is 0.479 e. The Morgan fingerprint density at radius 1 is 1.00 bits per heavy atom. The van der Waals surface area contributed by atoms with Gasteiger partial charge in [-0.25, -0.2) is 0 Å². The number of aryl methyl sites for hydroxylation is 1. The van der Waals surface area contributed by atoms with Crippen LogP contribution in [-0.2, 0) is 4.79 Å². The normalized spacial score (nSPS) is 14.0. The number of nitrogens with one attached hydrogen (secondary N) is 2. The molecular weight excluding hydrogens is 581 g/mol. The van der Waals surface area contributed by atoms with E-state index in [1.54, 1.807) is 41.1 Å². The minimum atomic E-state index is -0.812. The molecule has 0 saturated carbocycles. The summed E-state index contributed by atoms with van der Waals surface area (Å²) in [4.78, 5) is 36.5. The lowest BCUT2D eigenvalue weighted by Gasteiger charge is -2.20. The van der Waals surface area contributed by atoms with E-state index < -0.39 is 11.8 Å². The molecule has 2 N–H and O–H groups in total. The van der Waals surface area contributed by atoms with Gasteiger partial charge in [0.05, 0.1) is 32.8 Å². The van der Waals surface area contributed by atoms with Crippen molar-refractivity contribution in [2.75, 3.05) is 32.0 Å². The number of hydrogen-bond acceptors (Lipinski definition) is 7. The molecule has 0 bridgehead atoms. The number of halogens is 2. The summed E-state index contributed by atoms with van der Waals surface area (Å²) in [6.45, 7) is 5.81. The van der Waals surface area contributed by atoms with E-state index in [-0.39, 0.29) is 35.2 Å². The van der Waals surface area contributed by atoms with Crippen molar-refractivity contribution in [2.45, 2.75) is 32.6 Å². The maximum atomic E-state index is 14.1. The number of aromatic nitrogens is 3. The topological polar surface area (TPSA) is 117 Å². The first-order valence-electron chi connectivity index (χ1n) is 13.0. The van der Waals surface area contributed by atoms with Crippen LogP contribution in [-0.4, -0.2) is 47.7 Å². The number of methoxy groups -OCH3 is 3. The SMILES string of the molecule is COc1nc(OC)c(-n2cc(C(=O)Nc3cc(Cl)ccc3C)c(C3C(=O)Nc4cc(Cl)ccc43)c2C(C)C)c(OC)n1. The summed E-state index contributed by atoms with van der Waals surface area (Å²) in [6, 6.07) is 10.5. The molecule has 218 valence electrons. The molecule has 2 aromatic heterocycles. The molecule has 1 unspecified atom stereocenters. The van der Waals surface area contributed by atoms with Gasteiger partial charge in [0.15, 0.2) is 5.69 Å². The summed E-state index contributed by atoms with van der Waals surface area (Å²) < 4.78 is 18.2. The summed E-state index contributed by atoms with van der Waals surface area (Å²) in [6.07, 6.45) is 1.65. The third-order valence-corrected chi connectivity index (χ3v) is 7.54. The molecule has 1 aliphatic heterocycles. The van der Waals surface area contributed by atoms with Gasteiger partial charge in [0.25, 0.3) is 5.91 Å². The van der Waals surface area contributed by atoms with E-state index in [0.717, 1.165) is 5.56 Å². The highest BCUT2D eigenvalue weighted by atomic mass is 35.5. The van der Waals surface area contributed by atoms with Crippen molar-refractivity contribution in [1.29, 1.82) is 0 Å². The lowest BCUT2D eigenvalue weighted by molar-refractivity contribution is -0.116. The molecule has 1 atom stereocenters. The van der Waals surface area contributed by atoms with E-state index in [0.29, 0.717) is 43.9 Å². The molecule has 5 rings (SSSR count). The highest BCUT2D eigenvalue weighted by molar-refractivity contribution is 6.31. The first-order chi connectivity index (χ1) is 20.1. The first-order valence-corrected chi connectivity index (χ1v) is 13.8. The average molecular weight is 610 g/mol. The van der Waals surface area contributed by atoms with Crippen LogP contribution in [0.1, 0.15) is 58.4 Å². The molecule has 42 heavy (non-hydrogen) atoms. The Hall–Kier alpha value is -4.28. The average Bonchev–Trinajstić information content (AvgIpc) is 3.50. The van der Waals surface area contributed by atoms with Gasteiger partial charge in [-0.05, 0) is 48.2 Å². The summed E-state index contributed by atoms with van der Waals surface area (Å²) in [5.41, 5.74) is 4.44. The fraction of sp³-hybridized carbons (Fsp3) is 0.267. The van der Waals surface area contributed by atoms with Gasteiger partial charge in [0.1, 0.15) is 0 Å². The Morgan fingerprint density at radius 2 is 1.64 bits per heavy atom. The zero-order valence-corrected chi connectivity index (χ0v) is 25.3. The van der Waals surface area contributed by atoms with E-state index in [4.69, 9.17) is 37.4 Å². The number of ether oxygens (including phenoxy) is 3. The van der Waals surface area contributed by atoms with Gasteiger partial charge in [-0.1, -0.05) is 49.2 Å². The van der Waals surface area contributed by atoms with Crippen molar-refractivity contribution in [1.82, 2.24) is 14.5 Å². The van der Waals surface area contributed by atoms with E-state index in [9.17, 15) is 9.59 Å². The summed E-state index contributed by atoms with van der Waals surface area (Å²) in [5, 5.41) is 6.86. The number of carbonyl (C=O) groups is 2. The summed E-state index contributed by atoms with van der Waals surface area (Å²) in [7, 11) is 4.36. The van der Waals surface area contributed by atoms with Crippen molar-refractivity contribution < 1.29 is 23.8 Å². The maximum Gasteiger partial charge on any atom is 0.322 e. The molecule has 0 spiro atoms. The zero-order valence-electron chi connectivity index (χ0n) is 23.8. The number of hydrogen-bond donors (Lipinski definition) is 2. The Morgan fingerprint density at radius 3 is 2.26 bits per heavy atom. The van der Waals surface area contributed by atoms with Crippen LogP contribution in [0.3, 0.4) is 0 Å². The van der Waals surface area contributed by atoms with Crippen LogP contribution < -0.4 is 24.8 Å². The Bertz CT molecular complexity index is 1690. The van der Waals surface area contributed by atoms with Gasteiger partial charge in [0.2, 0.25) is 17.7 Å². The fourth-order valence-corrected chi connectivity index (χ4v) is 5.56. The Balaban J connectivity index is 1.81. The molecule has 10 nitrogen and oxygen atoms in total. The van der Waals surface area contributed by atoms with Gasteiger partial charge in [0, 0.05) is 38.9 Å². The van der Waals surface area contributed by atoms with Gasteiger partial charge in [-0.15, -0.1) is 0 Å². The quantitative estimate of drug-likeness (QED) is 0.238. The lowest BCUT2D eigenvalue weighted by atomic mass is 9.87. The number of amides is 2. The van der Waals surface area contributed by atoms with Crippen molar-refractivity contribution in [3.8, 4) is 23.5 Å². The third kappa shape index (κ3) is 5.12. The molecule has 3 heterocycles. The van der Waals surface area contributed by atoms with Crippen molar-refractivity contribution >= 4 is 46.4 Å². The molecule has 0 fully saturated rings. The van der Waals surface area contributed by atoms with Gasteiger partial charge >= 0.3 is 6.01 Å². The molecular formula is C30H29Cl2N5O5. The lowest BCUT2D eigenvalue weighted by Crippen LogP contribution is -2.20. The predicted molar refractivity (Wildman–Crippen MR) is 161 cm³/mol. The molecule has 0 aliphatic carbocycles. The van der Waals surface area contributed by atoms with Gasteiger partial charge in [-0.3, -0.25) is 9.59 Å². The molecule has 1 aliphatic rings. The summed E-state index contributed by atoms with van der Waals surface area (Å²) >= 11 is 12.5. The van der Waals surface area contributed by atoms with Crippen molar-refractivity contribution in [2.24, 2.45) is 0 Å². The van der Waals surface area contributed by atoms with E-state index in [1.165, 1.54) is 21.3 Å². The number of nitrogens with zero attached hydrogens (tertiary/aromatic N) is 3. The minimum absolute atomic E-state index is 0.0429. The predicted octanol–water partition coefficient (Wildman–Crippen LogP) is 6.37. The van der Waals surface area contributed by atoms with Crippen molar-refractivity contribution in [3.05, 3.63) is 80.6 Å². The molecule has 2 amide bonds. The van der Waals surface area contributed by atoms with Crippen molar-refractivity contribution in [3.63, 3.8) is 0 Å². The van der Waals surface area contributed by atoms with E-state index in [2.05, 4.69) is 20.6 Å². The van der Waals surface area contributed by atoms with Crippen LogP contribution >= 0.6 is 23.2 Å². The number of fused-ring (bicyclic) bond motifs is 1. The first kappa shape index (κ1) is 29.2. The van der Waals surface area contributed by atoms with Gasteiger partial charge < -0.3 is 29.4 Å². The van der Waals surface area contributed by atoms with Crippen LogP contribution in [0, 0.1) is 6.92 Å². The third-order valence-electron chi connectivity index (χ3n) is 7.07. The maximum absolute atomic E-state index is 14.1. The standard InChI is InChI=1S/C30H29Cl2N5O5/c1-14(2)24-22(23-18-10-9-17(32)12-21(18)34-27(23)39)19(26(38)33-20-11-16(31)8-7-15(20)3)13-37(24)25-28(40-4)35-30(42-6)36-29(25)41-5/h7-14,23H,1-6H3,(H,33,38)(H,34,39). The van der Waals surface area contributed by atoms with Crippen LogP contribution in [0.2, 0.25) is 10.0 Å². The highest BCUT2D eigenvalue weighted by Gasteiger charge is 2.40. The van der Waals surface area contributed by atoms with Crippen LogP contribution in [0.4, 0.5) is 11.4 Å². The second kappa shape index (κ2) is 11.5. The minimum Gasteiger partial charge on any atom is -0.479 e. The monoisotopic (exact) mass is 609 g/mol. The second-order valence-electron chi connectivity index (χ2n) is 10.0. The second-order valence-corrected chi connectivity index (χ2v) is 10.9. The zero-order chi connectivity index (χ0) is 30.3. The number of rotatable bonds is 8. The Kier molecular flexibility index (Phi) is 8.03. The molecule has 2 aromatic carbocycles. The van der Waals surface area contributed by atoms with Crippen LogP contribution in [0.15, 0.2) is 42.6 Å². The fourth-order valence-electron chi connectivity index (χ4n) is 5.21. The Labute approximate surface area is 252 Å². The molecule has 4 aromatic rings. The van der Waals surface area contributed by atoms with Crippen LogP contribution in [0.5, 0.6) is 17.8 Å². The summed E-state index contributed by atoms with van der Waals surface area (Å²) in [5.74, 6) is -1.41. The smallest absolute Gasteiger partial charge is 0.322 e. The molecule has 0 saturated heterocycles. The van der Waals surface area contributed by atoms with E-state index in [1.807, 2.05) is 26.8 Å². The van der Waals surface area contributed by atoms with Gasteiger partial charge in [-0.2, -0.15) is 9.97 Å². The number of benzene rings is 2. The number of carbonyl (C=O) groups excluding carboxylic acids is 2.